The molecule has 124 valence electrons. The minimum absolute atomic E-state index is 0.259. The molecule has 0 bridgehead atoms. The first-order chi connectivity index (χ1) is 10.7. The SMILES string of the molecule is CC(C)Cc1cc(C(=O)Nc2ccccc2NS(C)(=O)=O)n[nH]1. The van der Waals surface area contributed by atoms with Crippen LogP contribution in [0.1, 0.15) is 30.0 Å². The molecule has 1 aromatic heterocycles. The number of aromatic amines is 1. The number of rotatable bonds is 6. The van der Waals surface area contributed by atoms with Gasteiger partial charge in [0, 0.05) is 5.69 Å². The van der Waals surface area contributed by atoms with E-state index in [2.05, 4.69) is 34.1 Å². The van der Waals surface area contributed by atoms with Crippen molar-refractivity contribution in [3.05, 3.63) is 41.7 Å². The van der Waals surface area contributed by atoms with E-state index < -0.39 is 15.9 Å². The van der Waals surface area contributed by atoms with Crippen LogP contribution in [0.2, 0.25) is 0 Å². The topological polar surface area (TPSA) is 104 Å². The summed E-state index contributed by atoms with van der Waals surface area (Å²) in [7, 11) is -3.43. The number of carbonyl (C=O) groups is 1. The van der Waals surface area contributed by atoms with Crippen molar-refractivity contribution in [3.63, 3.8) is 0 Å². The van der Waals surface area contributed by atoms with Crippen molar-refractivity contribution in [1.82, 2.24) is 10.2 Å². The molecule has 23 heavy (non-hydrogen) atoms. The van der Waals surface area contributed by atoms with Crippen molar-refractivity contribution in [3.8, 4) is 0 Å². The van der Waals surface area contributed by atoms with E-state index in [1.807, 2.05) is 0 Å². The standard InChI is InChI=1S/C15H20N4O3S/c1-10(2)8-11-9-14(18-17-11)15(20)16-12-6-4-5-7-13(12)19-23(3,21)22/h4-7,9-10,19H,8H2,1-3H3,(H,16,20)(H,17,18). The first-order valence-corrected chi connectivity index (χ1v) is 9.06. The van der Waals surface area contributed by atoms with Crippen LogP contribution in [-0.4, -0.2) is 30.8 Å². The fourth-order valence-corrected chi connectivity index (χ4v) is 2.67. The van der Waals surface area contributed by atoms with Gasteiger partial charge in [-0.3, -0.25) is 14.6 Å². The average molecular weight is 336 g/mol. The Labute approximate surface area is 135 Å². The van der Waals surface area contributed by atoms with Crippen LogP contribution in [-0.2, 0) is 16.4 Å². The summed E-state index contributed by atoms with van der Waals surface area (Å²) in [6.07, 6.45) is 1.85. The van der Waals surface area contributed by atoms with Gasteiger partial charge in [-0.05, 0) is 30.5 Å². The lowest BCUT2D eigenvalue weighted by Crippen LogP contribution is -2.16. The Morgan fingerprint density at radius 1 is 1.26 bits per heavy atom. The number of para-hydroxylation sites is 2. The summed E-state index contributed by atoms with van der Waals surface area (Å²) >= 11 is 0. The van der Waals surface area contributed by atoms with E-state index in [0.29, 0.717) is 17.3 Å². The van der Waals surface area contributed by atoms with Crippen LogP contribution in [0.25, 0.3) is 0 Å². The Hall–Kier alpha value is -2.35. The van der Waals surface area contributed by atoms with E-state index in [9.17, 15) is 13.2 Å². The Morgan fingerprint density at radius 2 is 1.91 bits per heavy atom. The summed E-state index contributed by atoms with van der Waals surface area (Å²) < 4.78 is 25.1. The van der Waals surface area contributed by atoms with Crippen LogP contribution < -0.4 is 10.0 Å². The van der Waals surface area contributed by atoms with Gasteiger partial charge in [0.2, 0.25) is 10.0 Å². The fraction of sp³-hybridized carbons (Fsp3) is 0.333. The molecule has 3 N–H and O–H groups in total. The van der Waals surface area contributed by atoms with E-state index in [4.69, 9.17) is 0 Å². The van der Waals surface area contributed by atoms with Gasteiger partial charge in [0.1, 0.15) is 0 Å². The molecule has 1 aromatic carbocycles. The van der Waals surface area contributed by atoms with Crippen molar-refractivity contribution in [1.29, 1.82) is 0 Å². The molecule has 0 fully saturated rings. The predicted octanol–water partition coefficient (Wildman–Crippen LogP) is 2.23. The van der Waals surface area contributed by atoms with Crippen LogP contribution in [0.4, 0.5) is 11.4 Å². The molecule has 0 saturated carbocycles. The van der Waals surface area contributed by atoms with E-state index >= 15 is 0 Å². The van der Waals surface area contributed by atoms with Crippen molar-refractivity contribution < 1.29 is 13.2 Å². The molecule has 0 unspecified atom stereocenters. The minimum Gasteiger partial charge on any atom is -0.319 e. The number of hydrogen-bond donors (Lipinski definition) is 3. The zero-order valence-electron chi connectivity index (χ0n) is 13.3. The first kappa shape index (κ1) is 17.0. The smallest absolute Gasteiger partial charge is 0.276 e. The molecule has 0 aliphatic rings. The number of carbonyl (C=O) groups excluding carboxylic acids is 1. The van der Waals surface area contributed by atoms with E-state index in [0.717, 1.165) is 18.4 Å². The number of anilines is 2. The second kappa shape index (κ2) is 6.82. The van der Waals surface area contributed by atoms with Crippen LogP contribution in [0.15, 0.2) is 30.3 Å². The van der Waals surface area contributed by atoms with Gasteiger partial charge in [-0.2, -0.15) is 5.10 Å². The van der Waals surface area contributed by atoms with Gasteiger partial charge in [0.15, 0.2) is 5.69 Å². The first-order valence-electron chi connectivity index (χ1n) is 7.17. The molecule has 1 amide bonds. The van der Waals surface area contributed by atoms with Gasteiger partial charge in [0.05, 0.1) is 17.6 Å². The minimum atomic E-state index is -3.43. The third-order valence-corrected chi connectivity index (χ3v) is 3.55. The lowest BCUT2D eigenvalue weighted by Gasteiger charge is -2.10. The Bertz CT molecular complexity index is 797. The van der Waals surface area contributed by atoms with Crippen LogP contribution in [0.5, 0.6) is 0 Å². The van der Waals surface area contributed by atoms with Crippen molar-refractivity contribution in [2.45, 2.75) is 20.3 Å². The molecule has 0 aliphatic carbocycles. The highest BCUT2D eigenvalue weighted by molar-refractivity contribution is 7.92. The zero-order chi connectivity index (χ0) is 17.0. The quantitative estimate of drug-likeness (QED) is 0.752. The number of hydrogen-bond acceptors (Lipinski definition) is 4. The predicted molar refractivity (Wildman–Crippen MR) is 90.0 cm³/mol. The average Bonchev–Trinajstić information content (AvgIpc) is 2.87. The Morgan fingerprint density at radius 3 is 2.52 bits per heavy atom. The fourth-order valence-electron chi connectivity index (χ4n) is 2.09. The van der Waals surface area contributed by atoms with Gasteiger partial charge < -0.3 is 5.32 Å². The summed E-state index contributed by atoms with van der Waals surface area (Å²) in [6.45, 7) is 4.15. The summed E-state index contributed by atoms with van der Waals surface area (Å²) in [6, 6.07) is 8.27. The highest BCUT2D eigenvalue weighted by atomic mass is 32.2. The maximum atomic E-state index is 12.3. The highest BCUT2D eigenvalue weighted by Gasteiger charge is 2.14. The van der Waals surface area contributed by atoms with Crippen LogP contribution in [0, 0.1) is 5.92 Å². The van der Waals surface area contributed by atoms with Crippen LogP contribution >= 0.6 is 0 Å². The molecular weight excluding hydrogens is 316 g/mol. The lowest BCUT2D eigenvalue weighted by atomic mass is 10.1. The largest absolute Gasteiger partial charge is 0.319 e. The summed E-state index contributed by atoms with van der Waals surface area (Å²) in [4.78, 5) is 12.3. The number of H-pyrrole nitrogens is 1. The van der Waals surface area contributed by atoms with Gasteiger partial charge in [0.25, 0.3) is 5.91 Å². The maximum Gasteiger partial charge on any atom is 0.276 e. The van der Waals surface area contributed by atoms with Crippen LogP contribution in [0.3, 0.4) is 0 Å². The van der Waals surface area contributed by atoms with Gasteiger partial charge in [-0.1, -0.05) is 26.0 Å². The summed E-state index contributed by atoms with van der Waals surface area (Å²) in [5.74, 6) is 0.0463. The third kappa shape index (κ3) is 5.10. The molecule has 8 heteroatoms. The maximum absolute atomic E-state index is 12.3. The molecule has 0 saturated heterocycles. The molecule has 2 rings (SSSR count). The van der Waals surface area contributed by atoms with Crippen molar-refractivity contribution >= 4 is 27.3 Å². The van der Waals surface area contributed by atoms with Gasteiger partial charge in [-0.15, -0.1) is 0 Å². The number of sulfonamides is 1. The molecule has 0 aliphatic heterocycles. The van der Waals surface area contributed by atoms with E-state index in [1.165, 1.54) is 0 Å². The monoisotopic (exact) mass is 336 g/mol. The lowest BCUT2D eigenvalue weighted by molar-refractivity contribution is 0.102. The summed E-state index contributed by atoms with van der Waals surface area (Å²) in [5.41, 5.74) is 1.82. The molecule has 7 nitrogen and oxygen atoms in total. The molecule has 1 heterocycles. The van der Waals surface area contributed by atoms with E-state index in [1.54, 1.807) is 30.3 Å². The number of amides is 1. The number of aromatic nitrogens is 2. The molecular formula is C15H20N4O3S. The van der Waals surface area contributed by atoms with Gasteiger partial charge >= 0.3 is 0 Å². The van der Waals surface area contributed by atoms with E-state index in [-0.39, 0.29) is 5.69 Å². The second-order valence-electron chi connectivity index (χ2n) is 5.75. The number of nitrogens with zero attached hydrogens (tertiary/aromatic N) is 1. The second-order valence-corrected chi connectivity index (χ2v) is 7.50. The number of benzene rings is 1. The Balaban J connectivity index is 2.16. The van der Waals surface area contributed by atoms with Gasteiger partial charge in [-0.25, -0.2) is 8.42 Å². The van der Waals surface area contributed by atoms with Crippen molar-refractivity contribution in [2.75, 3.05) is 16.3 Å². The number of nitrogens with one attached hydrogen (secondary N) is 3. The third-order valence-electron chi connectivity index (χ3n) is 2.96. The zero-order valence-corrected chi connectivity index (χ0v) is 14.1. The highest BCUT2D eigenvalue weighted by Crippen LogP contribution is 2.22. The molecule has 0 atom stereocenters. The van der Waals surface area contributed by atoms with Crippen molar-refractivity contribution in [2.24, 2.45) is 5.92 Å². The molecule has 0 spiro atoms. The Kier molecular flexibility index (Phi) is 5.05. The summed E-state index contributed by atoms with van der Waals surface area (Å²) in [5, 5.41) is 9.50. The molecule has 2 aromatic rings. The normalized spacial score (nSPS) is 11.5. The molecule has 0 radical (unpaired) electrons.